The second kappa shape index (κ2) is 6.85. The third-order valence-electron chi connectivity index (χ3n) is 3.03. The maximum absolute atomic E-state index is 12.8. The van der Waals surface area contributed by atoms with Crippen LogP contribution in [-0.4, -0.2) is 5.97 Å². The van der Waals surface area contributed by atoms with E-state index in [2.05, 4.69) is 6.92 Å². The fourth-order valence-corrected chi connectivity index (χ4v) is 1.86. The first kappa shape index (κ1) is 14.3. The Labute approximate surface area is 118 Å². The lowest BCUT2D eigenvalue weighted by Crippen LogP contribution is -2.08. The molecule has 0 bridgehead atoms. The van der Waals surface area contributed by atoms with Gasteiger partial charge in [0.15, 0.2) is 0 Å². The molecular formula is C17H17FO2. The van der Waals surface area contributed by atoms with Crippen molar-refractivity contribution in [2.24, 2.45) is 0 Å². The van der Waals surface area contributed by atoms with Crippen molar-refractivity contribution in [2.75, 3.05) is 0 Å². The van der Waals surface area contributed by atoms with Crippen molar-refractivity contribution in [1.82, 2.24) is 0 Å². The highest BCUT2D eigenvalue weighted by Crippen LogP contribution is 2.16. The number of carbonyl (C=O) groups excluding carboxylic acids is 1. The Bertz CT molecular complexity index is 559. The Hall–Kier alpha value is -2.16. The van der Waals surface area contributed by atoms with Gasteiger partial charge in [0, 0.05) is 0 Å². The van der Waals surface area contributed by atoms with Crippen LogP contribution in [0.3, 0.4) is 0 Å². The SMILES string of the molecule is CCCCc1ccc(OC(=O)c2ccc(F)cc2)cc1. The molecule has 3 heteroatoms. The van der Waals surface area contributed by atoms with E-state index in [1.165, 1.54) is 29.8 Å². The summed E-state index contributed by atoms with van der Waals surface area (Å²) < 4.78 is 18.0. The van der Waals surface area contributed by atoms with Gasteiger partial charge in [-0.05, 0) is 54.8 Å². The van der Waals surface area contributed by atoms with E-state index in [4.69, 9.17) is 4.74 Å². The zero-order valence-corrected chi connectivity index (χ0v) is 11.4. The predicted molar refractivity (Wildman–Crippen MR) is 76.4 cm³/mol. The average molecular weight is 272 g/mol. The highest BCUT2D eigenvalue weighted by Gasteiger charge is 2.08. The van der Waals surface area contributed by atoms with Crippen molar-refractivity contribution in [3.63, 3.8) is 0 Å². The molecule has 0 saturated heterocycles. The number of ether oxygens (including phenoxy) is 1. The van der Waals surface area contributed by atoms with Crippen LogP contribution in [0.15, 0.2) is 48.5 Å². The molecule has 0 unspecified atom stereocenters. The Balaban J connectivity index is 1.99. The van der Waals surface area contributed by atoms with E-state index in [1.54, 1.807) is 12.1 Å². The molecule has 0 aliphatic heterocycles. The lowest BCUT2D eigenvalue weighted by molar-refractivity contribution is 0.0734. The van der Waals surface area contributed by atoms with E-state index in [9.17, 15) is 9.18 Å². The minimum atomic E-state index is -0.480. The van der Waals surface area contributed by atoms with Crippen LogP contribution in [-0.2, 0) is 6.42 Å². The van der Waals surface area contributed by atoms with Gasteiger partial charge in [0.1, 0.15) is 11.6 Å². The molecule has 2 aromatic rings. The third kappa shape index (κ3) is 3.92. The molecule has 0 N–H and O–H groups in total. The zero-order chi connectivity index (χ0) is 14.4. The molecule has 0 fully saturated rings. The first-order chi connectivity index (χ1) is 9.69. The predicted octanol–water partition coefficient (Wildman–Crippen LogP) is 4.39. The lowest BCUT2D eigenvalue weighted by Gasteiger charge is -2.05. The van der Waals surface area contributed by atoms with Crippen LogP contribution < -0.4 is 4.74 Å². The minimum absolute atomic E-state index is 0.335. The van der Waals surface area contributed by atoms with Gasteiger partial charge in [-0.3, -0.25) is 0 Å². The van der Waals surface area contributed by atoms with Crippen LogP contribution in [0, 0.1) is 5.82 Å². The molecule has 0 aliphatic carbocycles. The van der Waals surface area contributed by atoms with Gasteiger partial charge in [0.25, 0.3) is 0 Å². The first-order valence-corrected chi connectivity index (χ1v) is 6.75. The Morgan fingerprint density at radius 2 is 1.70 bits per heavy atom. The van der Waals surface area contributed by atoms with E-state index in [-0.39, 0.29) is 5.82 Å². The number of halogens is 1. The summed E-state index contributed by atoms with van der Waals surface area (Å²) in [7, 11) is 0. The molecule has 2 nitrogen and oxygen atoms in total. The van der Waals surface area contributed by atoms with E-state index in [0.717, 1.165) is 19.3 Å². The van der Waals surface area contributed by atoms with E-state index >= 15 is 0 Å². The Morgan fingerprint density at radius 1 is 1.05 bits per heavy atom. The molecule has 2 rings (SSSR count). The number of benzene rings is 2. The average Bonchev–Trinajstić information content (AvgIpc) is 2.47. The standard InChI is InChI=1S/C17H17FO2/c1-2-3-4-13-5-11-16(12-6-13)20-17(19)14-7-9-15(18)10-8-14/h5-12H,2-4H2,1H3. The fourth-order valence-electron chi connectivity index (χ4n) is 1.86. The number of hydrogen-bond acceptors (Lipinski definition) is 2. The highest BCUT2D eigenvalue weighted by atomic mass is 19.1. The quantitative estimate of drug-likeness (QED) is 0.596. The highest BCUT2D eigenvalue weighted by molar-refractivity contribution is 5.90. The zero-order valence-electron chi connectivity index (χ0n) is 11.4. The van der Waals surface area contributed by atoms with Crippen molar-refractivity contribution in [2.45, 2.75) is 26.2 Å². The summed E-state index contributed by atoms with van der Waals surface area (Å²) in [6.07, 6.45) is 3.33. The van der Waals surface area contributed by atoms with E-state index < -0.39 is 5.97 Å². The molecule has 0 aliphatic rings. The summed E-state index contributed by atoms with van der Waals surface area (Å²) in [5, 5.41) is 0. The van der Waals surface area contributed by atoms with Gasteiger partial charge in [-0.15, -0.1) is 0 Å². The number of carbonyl (C=O) groups is 1. The van der Waals surface area contributed by atoms with Gasteiger partial charge < -0.3 is 4.74 Å². The second-order valence-electron chi connectivity index (χ2n) is 4.64. The molecule has 0 spiro atoms. The van der Waals surface area contributed by atoms with E-state index in [1.807, 2.05) is 12.1 Å². The van der Waals surface area contributed by atoms with Gasteiger partial charge in [-0.1, -0.05) is 25.5 Å². The van der Waals surface area contributed by atoms with Gasteiger partial charge in [-0.2, -0.15) is 0 Å². The van der Waals surface area contributed by atoms with Crippen molar-refractivity contribution < 1.29 is 13.9 Å². The summed E-state index contributed by atoms with van der Waals surface area (Å²) >= 11 is 0. The summed E-state index contributed by atoms with van der Waals surface area (Å²) in [5.41, 5.74) is 1.56. The number of unbranched alkanes of at least 4 members (excludes halogenated alkanes) is 1. The first-order valence-electron chi connectivity index (χ1n) is 6.75. The smallest absolute Gasteiger partial charge is 0.343 e. The lowest BCUT2D eigenvalue weighted by atomic mass is 10.1. The third-order valence-corrected chi connectivity index (χ3v) is 3.03. The summed E-state index contributed by atoms with van der Waals surface area (Å²) in [5.74, 6) is -0.354. The topological polar surface area (TPSA) is 26.3 Å². The number of esters is 1. The Kier molecular flexibility index (Phi) is 4.88. The van der Waals surface area contributed by atoms with Gasteiger partial charge in [0.05, 0.1) is 5.56 Å². The molecule has 0 saturated carbocycles. The maximum atomic E-state index is 12.8. The molecule has 0 amide bonds. The molecule has 2 aromatic carbocycles. The van der Waals surface area contributed by atoms with Crippen LogP contribution >= 0.6 is 0 Å². The van der Waals surface area contributed by atoms with Crippen molar-refractivity contribution in [3.05, 3.63) is 65.5 Å². The molecule has 20 heavy (non-hydrogen) atoms. The number of rotatable bonds is 5. The fraction of sp³-hybridized carbons (Fsp3) is 0.235. The molecular weight excluding hydrogens is 255 g/mol. The van der Waals surface area contributed by atoms with Crippen molar-refractivity contribution in [3.8, 4) is 5.75 Å². The molecule has 0 heterocycles. The minimum Gasteiger partial charge on any atom is -0.423 e. The monoisotopic (exact) mass is 272 g/mol. The molecule has 0 atom stereocenters. The summed E-state index contributed by atoms with van der Waals surface area (Å²) in [6, 6.07) is 12.8. The second-order valence-corrected chi connectivity index (χ2v) is 4.64. The molecule has 0 aromatic heterocycles. The van der Waals surface area contributed by atoms with Crippen LogP contribution in [0.1, 0.15) is 35.7 Å². The van der Waals surface area contributed by atoms with Gasteiger partial charge in [0.2, 0.25) is 0 Å². The van der Waals surface area contributed by atoms with Gasteiger partial charge in [-0.25, -0.2) is 9.18 Å². The van der Waals surface area contributed by atoms with Gasteiger partial charge >= 0.3 is 5.97 Å². The van der Waals surface area contributed by atoms with Crippen LogP contribution in [0.2, 0.25) is 0 Å². The number of aryl methyl sites for hydroxylation is 1. The van der Waals surface area contributed by atoms with Crippen molar-refractivity contribution in [1.29, 1.82) is 0 Å². The molecule has 104 valence electrons. The molecule has 0 radical (unpaired) electrons. The maximum Gasteiger partial charge on any atom is 0.343 e. The van der Waals surface area contributed by atoms with Crippen LogP contribution in [0.5, 0.6) is 5.75 Å². The van der Waals surface area contributed by atoms with Crippen molar-refractivity contribution >= 4 is 5.97 Å². The number of hydrogen-bond donors (Lipinski definition) is 0. The normalized spacial score (nSPS) is 10.3. The van der Waals surface area contributed by atoms with Crippen LogP contribution in [0.25, 0.3) is 0 Å². The van der Waals surface area contributed by atoms with E-state index in [0.29, 0.717) is 11.3 Å². The summed E-state index contributed by atoms with van der Waals surface area (Å²) in [4.78, 5) is 11.8. The largest absolute Gasteiger partial charge is 0.423 e. The summed E-state index contributed by atoms with van der Waals surface area (Å²) in [6.45, 7) is 2.15. The van der Waals surface area contributed by atoms with Crippen LogP contribution in [0.4, 0.5) is 4.39 Å². The Morgan fingerprint density at radius 3 is 2.30 bits per heavy atom.